The van der Waals surface area contributed by atoms with E-state index in [-0.39, 0.29) is 29.8 Å². The van der Waals surface area contributed by atoms with Crippen LogP contribution in [0.15, 0.2) is 35.3 Å². The van der Waals surface area contributed by atoms with E-state index in [1.54, 1.807) is 7.11 Å². The van der Waals surface area contributed by atoms with Crippen molar-refractivity contribution >= 4 is 23.8 Å². The molecular weight excluding hydrogens is 482 g/mol. The van der Waals surface area contributed by atoms with Crippen LogP contribution in [0.4, 0.5) is 5.69 Å². The van der Waals surface area contributed by atoms with Gasteiger partial charge < -0.3 is 29.5 Å². The van der Waals surface area contributed by atoms with Crippen LogP contribution in [0.5, 0.6) is 0 Å². The number of nitrogens with zero attached hydrogens (tertiary/aromatic N) is 4. The minimum Gasteiger partial charge on any atom is -0.385 e. The van der Waals surface area contributed by atoms with Gasteiger partial charge in [-0.3, -0.25) is 14.6 Å². The molecule has 1 aromatic rings. The van der Waals surface area contributed by atoms with E-state index >= 15 is 0 Å². The number of benzene rings is 1. The van der Waals surface area contributed by atoms with Crippen LogP contribution >= 0.6 is 0 Å². The summed E-state index contributed by atoms with van der Waals surface area (Å²) >= 11 is 0. The maximum Gasteiger partial charge on any atom is 0.249 e. The highest BCUT2D eigenvalue weighted by atomic mass is 16.5. The SMILES string of the molecule is COCCCCC1C(C(=O)N(CC(C)C)[C@@H]2CNC[C@H](C(=O)N3CCOCC3)C2)N=CN1c1ccccc1. The van der Waals surface area contributed by atoms with E-state index in [1.165, 1.54) is 0 Å². The first-order valence-electron chi connectivity index (χ1n) is 14.2. The first-order chi connectivity index (χ1) is 18.5. The molecule has 2 unspecified atom stereocenters. The summed E-state index contributed by atoms with van der Waals surface area (Å²) in [7, 11) is 1.72. The molecule has 0 aromatic heterocycles. The van der Waals surface area contributed by atoms with Crippen LogP contribution in [0.3, 0.4) is 0 Å². The van der Waals surface area contributed by atoms with Crippen molar-refractivity contribution in [2.45, 2.75) is 57.7 Å². The maximum absolute atomic E-state index is 14.3. The van der Waals surface area contributed by atoms with Crippen molar-refractivity contribution in [3.63, 3.8) is 0 Å². The van der Waals surface area contributed by atoms with Gasteiger partial charge in [-0.15, -0.1) is 0 Å². The summed E-state index contributed by atoms with van der Waals surface area (Å²) in [5.74, 6) is 0.418. The molecule has 210 valence electrons. The Morgan fingerprint density at radius 1 is 1.16 bits per heavy atom. The highest BCUT2D eigenvalue weighted by Crippen LogP contribution is 2.29. The van der Waals surface area contributed by atoms with E-state index in [0.29, 0.717) is 64.9 Å². The molecule has 0 saturated carbocycles. The maximum atomic E-state index is 14.3. The molecule has 2 amide bonds. The lowest BCUT2D eigenvalue weighted by Crippen LogP contribution is -2.58. The van der Waals surface area contributed by atoms with E-state index < -0.39 is 6.04 Å². The van der Waals surface area contributed by atoms with Crippen LogP contribution in [0.25, 0.3) is 0 Å². The predicted molar refractivity (Wildman–Crippen MR) is 149 cm³/mol. The molecule has 0 aliphatic carbocycles. The van der Waals surface area contributed by atoms with E-state index in [2.05, 4.69) is 36.2 Å². The Bertz CT molecular complexity index is 921. The molecule has 3 aliphatic rings. The number of hydrogen-bond donors (Lipinski definition) is 1. The van der Waals surface area contributed by atoms with Crippen LogP contribution < -0.4 is 10.2 Å². The number of ether oxygens (including phenoxy) is 2. The number of amides is 2. The molecular formula is C29H45N5O4. The van der Waals surface area contributed by atoms with Crippen molar-refractivity contribution in [3.05, 3.63) is 30.3 Å². The van der Waals surface area contributed by atoms with Crippen molar-refractivity contribution in [3.8, 4) is 0 Å². The zero-order valence-electron chi connectivity index (χ0n) is 23.3. The summed E-state index contributed by atoms with van der Waals surface area (Å²) in [6, 6.07) is 9.63. The molecule has 4 rings (SSSR count). The second kappa shape index (κ2) is 14.1. The topological polar surface area (TPSA) is 86.7 Å². The van der Waals surface area contributed by atoms with Gasteiger partial charge in [0, 0.05) is 58.2 Å². The van der Waals surface area contributed by atoms with Gasteiger partial charge in [0.05, 0.1) is 31.5 Å². The Hall–Kier alpha value is -2.49. The highest BCUT2D eigenvalue weighted by Gasteiger charge is 2.42. The molecule has 3 aliphatic heterocycles. The smallest absolute Gasteiger partial charge is 0.249 e. The van der Waals surface area contributed by atoms with Gasteiger partial charge in [0.15, 0.2) is 6.04 Å². The number of aliphatic imine (C=N–C) groups is 1. The third-order valence-electron chi connectivity index (χ3n) is 7.76. The Morgan fingerprint density at radius 2 is 1.92 bits per heavy atom. The van der Waals surface area contributed by atoms with Gasteiger partial charge >= 0.3 is 0 Å². The number of carbonyl (C=O) groups is 2. The van der Waals surface area contributed by atoms with E-state index in [0.717, 1.165) is 24.9 Å². The van der Waals surface area contributed by atoms with Crippen molar-refractivity contribution in [2.24, 2.45) is 16.8 Å². The number of methoxy groups -OCH3 is 1. The van der Waals surface area contributed by atoms with E-state index in [1.807, 2.05) is 34.3 Å². The molecule has 3 heterocycles. The summed E-state index contributed by atoms with van der Waals surface area (Å²) in [5.41, 5.74) is 1.05. The molecule has 0 radical (unpaired) electrons. The van der Waals surface area contributed by atoms with Crippen molar-refractivity contribution in [1.82, 2.24) is 15.1 Å². The molecule has 0 bridgehead atoms. The summed E-state index contributed by atoms with van der Waals surface area (Å²) < 4.78 is 10.7. The third-order valence-corrected chi connectivity index (χ3v) is 7.76. The average Bonchev–Trinajstić information content (AvgIpc) is 3.38. The molecule has 38 heavy (non-hydrogen) atoms. The first kappa shape index (κ1) is 28.5. The van der Waals surface area contributed by atoms with Crippen LogP contribution in [0, 0.1) is 11.8 Å². The Labute approximate surface area is 227 Å². The lowest BCUT2D eigenvalue weighted by Gasteiger charge is -2.41. The molecule has 0 spiro atoms. The molecule has 2 fully saturated rings. The Balaban J connectivity index is 1.50. The van der Waals surface area contributed by atoms with Gasteiger partial charge in [0.25, 0.3) is 0 Å². The summed E-state index contributed by atoms with van der Waals surface area (Å²) in [5, 5.41) is 3.46. The number of unbranched alkanes of at least 4 members (excludes halogenated alkanes) is 1. The molecule has 9 nitrogen and oxygen atoms in total. The molecule has 1 aromatic carbocycles. The lowest BCUT2D eigenvalue weighted by molar-refractivity contribution is -0.143. The fraction of sp³-hybridized carbons (Fsp3) is 0.690. The summed E-state index contributed by atoms with van der Waals surface area (Å²) in [4.78, 5) is 38.4. The highest BCUT2D eigenvalue weighted by molar-refractivity contribution is 5.93. The number of anilines is 1. The lowest BCUT2D eigenvalue weighted by atomic mass is 9.91. The normalized spacial score (nSPS) is 25.7. The van der Waals surface area contributed by atoms with Gasteiger partial charge in [0.2, 0.25) is 11.8 Å². The zero-order valence-corrected chi connectivity index (χ0v) is 23.3. The average molecular weight is 528 g/mol. The van der Waals surface area contributed by atoms with E-state index in [4.69, 9.17) is 14.5 Å². The fourth-order valence-corrected chi connectivity index (χ4v) is 5.83. The number of carbonyl (C=O) groups excluding carboxylic acids is 2. The Kier molecular flexibility index (Phi) is 10.5. The predicted octanol–water partition coefficient (Wildman–Crippen LogP) is 2.41. The number of para-hydroxylation sites is 1. The third kappa shape index (κ3) is 7.12. The van der Waals surface area contributed by atoms with Crippen LogP contribution in [0.2, 0.25) is 0 Å². The van der Waals surface area contributed by atoms with Crippen molar-refractivity contribution < 1.29 is 19.1 Å². The van der Waals surface area contributed by atoms with Gasteiger partial charge in [-0.2, -0.15) is 0 Å². The van der Waals surface area contributed by atoms with Gasteiger partial charge in [-0.1, -0.05) is 32.0 Å². The summed E-state index contributed by atoms with van der Waals surface area (Å²) in [6.07, 6.45) is 5.28. The molecule has 9 heteroatoms. The number of rotatable bonds is 11. The fourth-order valence-electron chi connectivity index (χ4n) is 5.83. The number of piperidine rings is 1. The number of nitrogens with one attached hydrogen (secondary N) is 1. The Morgan fingerprint density at radius 3 is 2.63 bits per heavy atom. The first-order valence-corrected chi connectivity index (χ1v) is 14.2. The van der Waals surface area contributed by atoms with E-state index in [9.17, 15) is 9.59 Å². The summed E-state index contributed by atoms with van der Waals surface area (Å²) in [6.45, 7) is 9.47. The van der Waals surface area contributed by atoms with Crippen molar-refractivity contribution in [2.75, 3.05) is 64.6 Å². The van der Waals surface area contributed by atoms with Gasteiger partial charge in [0.1, 0.15) is 0 Å². The van der Waals surface area contributed by atoms with Gasteiger partial charge in [-0.25, -0.2) is 0 Å². The second-order valence-electron chi connectivity index (χ2n) is 11.1. The molecule has 1 N–H and O–H groups in total. The van der Waals surface area contributed by atoms with Crippen molar-refractivity contribution in [1.29, 1.82) is 0 Å². The van der Waals surface area contributed by atoms with Crippen LogP contribution in [-0.4, -0.2) is 106 Å². The minimum atomic E-state index is -0.466. The largest absolute Gasteiger partial charge is 0.385 e. The zero-order chi connectivity index (χ0) is 26.9. The second-order valence-corrected chi connectivity index (χ2v) is 11.1. The number of hydrogen-bond acceptors (Lipinski definition) is 7. The molecule has 2 saturated heterocycles. The van der Waals surface area contributed by atoms with Crippen LogP contribution in [0.1, 0.15) is 39.5 Å². The van der Waals surface area contributed by atoms with Gasteiger partial charge in [-0.05, 0) is 43.7 Å². The van der Waals surface area contributed by atoms with Crippen LogP contribution in [-0.2, 0) is 19.1 Å². The standard InChI is InChI=1S/C29H45N5O4/c1-22(2)20-33(25-17-23(18-30-19-25)28(35)32-12-15-38-16-13-32)29(36)27-26(11-7-8-14-37-3)34(21-31-27)24-9-5-4-6-10-24/h4-6,9-10,21-23,25-27,30H,7-8,11-20H2,1-3H3/t23-,25+,26?,27?/m1/s1. The number of morpholine rings is 1. The minimum absolute atomic E-state index is 0.0382. The molecule has 4 atom stereocenters. The monoisotopic (exact) mass is 527 g/mol. The quantitative estimate of drug-likeness (QED) is 0.445.